The minimum atomic E-state index is 0.0909. The summed E-state index contributed by atoms with van der Waals surface area (Å²) in [4.78, 5) is 4.18. The van der Waals surface area contributed by atoms with E-state index in [1.807, 2.05) is 12.1 Å². The molecule has 0 aliphatic heterocycles. The summed E-state index contributed by atoms with van der Waals surface area (Å²) in [5, 5.41) is 40.8. The summed E-state index contributed by atoms with van der Waals surface area (Å²) in [5.41, 5.74) is 3.67. The quantitative estimate of drug-likeness (QED) is 0.473. The zero-order valence-corrected chi connectivity index (χ0v) is 14.2. The molecule has 2 aromatic carbocycles. The first-order valence-electron chi connectivity index (χ1n) is 8.27. The van der Waals surface area contributed by atoms with Crippen LogP contribution in [0.4, 0.5) is 11.4 Å². The van der Waals surface area contributed by atoms with E-state index < -0.39 is 0 Å². The molecule has 0 fully saturated rings. The zero-order chi connectivity index (χ0) is 19.1. The SMILES string of the molecule is N#Cc1cnn2c1nnc1ccc(N=Nc3ccc(O)c4ncccc34)cc12. The molecule has 0 saturated carbocycles. The van der Waals surface area contributed by atoms with Crippen molar-refractivity contribution in [2.75, 3.05) is 0 Å². The molecular formula is C19H10N8O. The number of nitrogens with zero attached hydrogens (tertiary/aromatic N) is 8. The average molecular weight is 366 g/mol. The summed E-state index contributed by atoms with van der Waals surface area (Å²) < 4.78 is 1.56. The molecule has 0 aliphatic rings. The van der Waals surface area contributed by atoms with Crippen molar-refractivity contribution >= 4 is 39.0 Å². The molecule has 132 valence electrons. The second-order valence-corrected chi connectivity index (χ2v) is 5.98. The van der Waals surface area contributed by atoms with Crippen LogP contribution in [0, 0.1) is 11.3 Å². The molecule has 28 heavy (non-hydrogen) atoms. The maximum absolute atomic E-state index is 9.94. The Morgan fingerprint density at radius 1 is 1.07 bits per heavy atom. The number of azo groups is 1. The summed E-state index contributed by atoms with van der Waals surface area (Å²) in [6, 6.07) is 14.2. The van der Waals surface area contributed by atoms with Crippen LogP contribution >= 0.6 is 0 Å². The van der Waals surface area contributed by atoms with E-state index in [0.29, 0.717) is 44.5 Å². The molecule has 0 aliphatic carbocycles. The molecule has 5 rings (SSSR count). The fourth-order valence-corrected chi connectivity index (χ4v) is 2.96. The molecule has 5 aromatic rings. The lowest BCUT2D eigenvalue weighted by molar-refractivity contribution is 0.480. The Bertz CT molecular complexity index is 1450. The molecule has 0 bridgehead atoms. The molecule has 0 atom stereocenters. The molecule has 0 unspecified atom stereocenters. The van der Waals surface area contributed by atoms with Crippen LogP contribution in [0.1, 0.15) is 5.56 Å². The predicted molar refractivity (Wildman–Crippen MR) is 101 cm³/mol. The van der Waals surface area contributed by atoms with Crippen molar-refractivity contribution in [3.63, 3.8) is 0 Å². The summed E-state index contributed by atoms with van der Waals surface area (Å²) in [6.07, 6.45) is 3.06. The fourth-order valence-electron chi connectivity index (χ4n) is 2.96. The third kappa shape index (κ3) is 2.40. The van der Waals surface area contributed by atoms with E-state index in [9.17, 15) is 5.11 Å². The van der Waals surface area contributed by atoms with E-state index >= 15 is 0 Å². The van der Waals surface area contributed by atoms with Gasteiger partial charge in [-0.3, -0.25) is 4.98 Å². The van der Waals surface area contributed by atoms with E-state index in [1.165, 1.54) is 12.3 Å². The summed E-state index contributed by atoms with van der Waals surface area (Å²) >= 11 is 0. The molecular weight excluding hydrogens is 356 g/mol. The van der Waals surface area contributed by atoms with Gasteiger partial charge >= 0.3 is 0 Å². The fraction of sp³-hybridized carbons (Fsp3) is 0. The van der Waals surface area contributed by atoms with Crippen molar-refractivity contribution in [3.05, 3.63) is 60.4 Å². The number of nitriles is 1. The van der Waals surface area contributed by atoms with Gasteiger partial charge in [-0.05, 0) is 42.5 Å². The number of aromatic nitrogens is 5. The molecule has 0 saturated heterocycles. The first-order valence-corrected chi connectivity index (χ1v) is 8.27. The number of phenolic OH excluding ortho intramolecular Hbond substituents is 1. The smallest absolute Gasteiger partial charge is 0.195 e. The number of pyridine rings is 1. The lowest BCUT2D eigenvalue weighted by Crippen LogP contribution is -1.96. The normalized spacial score (nSPS) is 11.5. The molecule has 0 spiro atoms. The number of phenols is 1. The highest BCUT2D eigenvalue weighted by atomic mass is 16.3. The van der Waals surface area contributed by atoms with Crippen molar-refractivity contribution < 1.29 is 5.11 Å². The second-order valence-electron chi connectivity index (χ2n) is 5.98. The summed E-state index contributed by atoms with van der Waals surface area (Å²) in [6.45, 7) is 0. The van der Waals surface area contributed by atoms with Crippen LogP contribution in [0.15, 0.2) is 65.1 Å². The maximum atomic E-state index is 9.94. The van der Waals surface area contributed by atoms with Crippen LogP contribution in [0.3, 0.4) is 0 Å². The van der Waals surface area contributed by atoms with Gasteiger partial charge in [0.15, 0.2) is 5.65 Å². The van der Waals surface area contributed by atoms with Crippen molar-refractivity contribution in [2.24, 2.45) is 10.2 Å². The van der Waals surface area contributed by atoms with E-state index in [1.54, 1.807) is 41.0 Å². The van der Waals surface area contributed by atoms with Crippen LogP contribution in [0.5, 0.6) is 5.75 Å². The van der Waals surface area contributed by atoms with Gasteiger partial charge in [-0.2, -0.15) is 15.5 Å². The van der Waals surface area contributed by atoms with Crippen molar-refractivity contribution in [2.45, 2.75) is 0 Å². The highest BCUT2D eigenvalue weighted by Crippen LogP contribution is 2.32. The van der Waals surface area contributed by atoms with Gasteiger partial charge in [0.05, 0.1) is 23.1 Å². The van der Waals surface area contributed by atoms with Gasteiger partial charge in [-0.15, -0.1) is 15.3 Å². The van der Waals surface area contributed by atoms with Gasteiger partial charge in [-0.1, -0.05) is 0 Å². The first kappa shape index (κ1) is 15.8. The molecule has 0 amide bonds. The minimum Gasteiger partial charge on any atom is -0.506 e. The Balaban J connectivity index is 1.62. The molecule has 3 aromatic heterocycles. The highest BCUT2D eigenvalue weighted by molar-refractivity contribution is 5.93. The Labute approximate surface area is 157 Å². The van der Waals surface area contributed by atoms with E-state index in [-0.39, 0.29) is 5.75 Å². The lowest BCUT2D eigenvalue weighted by atomic mass is 10.2. The van der Waals surface area contributed by atoms with E-state index in [4.69, 9.17) is 5.26 Å². The lowest BCUT2D eigenvalue weighted by Gasteiger charge is -2.03. The topological polar surface area (TPSA) is 125 Å². The zero-order valence-electron chi connectivity index (χ0n) is 14.2. The van der Waals surface area contributed by atoms with Crippen LogP contribution < -0.4 is 0 Å². The first-order chi connectivity index (χ1) is 13.7. The third-order valence-corrected chi connectivity index (χ3v) is 4.30. The van der Waals surface area contributed by atoms with Gasteiger partial charge in [0, 0.05) is 11.6 Å². The standard InChI is InChI=1S/C19H10N8O/c20-9-11-10-22-27-16-8-12(3-4-15(16)25-26-19(11)27)23-24-14-5-6-17(28)18-13(14)2-1-7-21-18/h1-8,10,28H. The van der Waals surface area contributed by atoms with Crippen molar-refractivity contribution in [3.8, 4) is 11.8 Å². The molecule has 9 nitrogen and oxygen atoms in total. The van der Waals surface area contributed by atoms with E-state index in [2.05, 4.69) is 30.5 Å². The van der Waals surface area contributed by atoms with Gasteiger partial charge in [0.25, 0.3) is 0 Å². The van der Waals surface area contributed by atoms with Crippen LogP contribution in [-0.4, -0.2) is 29.9 Å². The molecule has 9 heteroatoms. The van der Waals surface area contributed by atoms with Gasteiger partial charge < -0.3 is 5.11 Å². The maximum Gasteiger partial charge on any atom is 0.195 e. The van der Waals surface area contributed by atoms with E-state index in [0.717, 1.165) is 0 Å². The Kier molecular flexibility index (Phi) is 3.42. The highest BCUT2D eigenvalue weighted by Gasteiger charge is 2.10. The number of aromatic hydroxyl groups is 1. The Hall–Kier alpha value is -4.45. The van der Waals surface area contributed by atoms with Crippen molar-refractivity contribution in [1.29, 1.82) is 5.26 Å². The Morgan fingerprint density at radius 2 is 2.00 bits per heavy atom. The van der Waals surface area contributed by atoms with Crippen molar-refractivity contribution in [1.82, 2.24) is 24.8 Å². The second kappa shape index (κ2) is 6.07. The number of fused-ring (bicyclic) bond motifs is 4. The monoisotopic (exact) mass is 366 g/mol. The Morgan fingerprint density at radius 3 is 2.89 bits per heavy atom. The number of hydrogen-bond donors (Lipinski definition) is 1. The number of hydrogen-bond acceptors (Lipinski definition) is 8. The average Bonchev–Trinajstić information content (AvgIpc) is 3.17. The van der Waals surface area contributed by atoms with Gasteiger partial charge in [0.1, 0.15) is 28.4 Å². The third-order valence-electron chi connectivity index (χ3n) is 4.30. The summed E-state index contributed by atoms with van der Waals surface area (Å²) in [7, 11) is 0. The van der Waals surface area contributed by atoms with Crippen LogP contribution in [-0.2, 0) is 0 Å². The molecule has 1 N–H and O–H groups in total. The van der Waals surface area contributed by atoms with Crippen LogP contribution in [0.25, 0.3) is 27.6 Å². The molecule has 3 heterocycles. The molecule has 0 radical (unpaired) electrons. The minimum absolute atomic E-state index is 0.0909. The van der Waals surface area contributed by atoms with Crippen LogP contribution in [0.2, 0.25) is 0 Å². The predicted octanol–water partition coefficient (Wildman–Crippen LogP) is 3.82. The summed E-state index contributed by atoms with van der Waals surface area (Å²) in [5.74, 6) is 0.0909. The number of rotatable bonds is 2. The number of benzene rings is 2. The largest absolute Gasteiger partial charge is 0.506 e. The van der Waals surface area contributed by atoms with Gasteiger partial charge in [0.2, 0.25) is 0 Å². The van der Waals surface area contributed by atoms with Gasteiger partial charge in [-0.25, -0.2) is 4.52 Å².